The van der Waals surface area contributed by atoms with Crippen LogP contribution in [0, 0.1) is 15.9 Å². The Balaban J connectivity index is 2.31. The second-order valence-electron chi connectivity index (χ2n) is 4.22. The summed E-state index contributed by atoms with van der Waals surface area (Å²) in [7, 11) is 1.64. The van der Waals surface area contributed by atoms with Gasteiger partial charge in [-0.1, -0.05) is 23.7 Å². The summed E-state index contributed by atoms with van der Waals surface area (Å²) >= 11 is 5.77. The third-order valence-corrected chi connectivity index (χ3v) is 2.90. The van der Waals surface area contributed by atoms with Gasteiger partial charge in [-0.3, -0.25) is 10.1 Å². The minimum absolute atomic E-state index is 0.145. The monoisotopic (exact) mass is 295 g/mol. The van der Waals surface area contributed by atoms with Crippen molar-refractivity contribution in [2.45, 2.75) is 6.54 Å². The zero-order chi connectivity index (χ0) is 14.7. The maximum Gasteiger partial charge on any atom is 0.311 e. The molecule has 2 rings (SSSR count). The summed E-state index contributed by atoms with van der Waals surface area (Å²) in [6.07, 6.45) is 0. The van der Waals surface area contributed by atoms with E-state index in [-0.39, 0.29) is 29.0 Å². The molecule has 0 unspecified atom stereocenters. The quantitative estimate of drug-likeness (QED) is 0.492. The number of aromatic nitrogens is 1. The fourth-order valence-corrected chi connectivity index (χ4v) is 1.97. The molecule has 7 heteroatoms. The molecule has 0 amide bonds. The highest BCUT2D eigenvalue weighted by atomic mass is 35.5. The van der Waals surface area contributed by atoms with E-state index in [1.807, 2.05) is 0 Å². The number of halogens is 2. The second-order valence-corrected chi connectivity index (χ2v) is 4.61. The Kier molecular flexibility index (Phi) is 4.14. The van der Waals surface area contributed by atoms with E-state index in [1.54, 1.807) is 24.1 Å². The molecule has 0 N–H and O–H groups in total. The molecule has 0 bridgehead atoms. The summed E-state index contributed by atoms with van der Waals surface area (Å²) in [5, 5.41) is 11.1. The van der Waals surface area contributed by atoms with Gasteiger partial charge < -0.3 is 4.90 Å². The van der Waals surface area contributed by atoms with Crippen molar-refractivity contribution in [2.75, 3.05) is 11.9 Å². The lowest BCUT2D eigenvalue weighted by Gasteiger charge is -2.18. The Morgan fingerprint density at radius 1 is 1.40 bits per heavy atom. The van der Waals surface area contributed by atoms with Crippen LogP contribution in [-0.4, -0.2) is 17.0 Å². The second kappa shape index (κ2) is 5.83. The van der Waals surface area contributed by atoms with E-state index in [2.05, 4.69) is 4.98 Å². The van der Waals surface area contributed by atoms with E-state index < -0.39 is 4.92 Å². The van der Waals surface area contributed by atoms with Crippen LogP contribution in [0.5, 0.6) is 0 Å². The topological polar surface area (TPSA) is 59.3 Å². The summed E-state index contributed by atoms with van der Waals surface area (Å²) in [6, 6.07) is 8.68. The molecule has 0 saturated carbocycles. The van der Waals surface area contributed by atoms with Gasteiger partial charge in [-0.05, 0) is 23.8 Å². The van der Waals surface area contributed by atoms with Crippen molar-refractivity contribution >= 4 is 23.1 Å². The molecule has 1 heterocycles. The van der Waals surface area contributed by atoms with Crippen molar-refractivity contribution in [2.24, 2.45) is 0 Å². The third-order valence-electron chi connectivity index (χ3n) is 2.69. The van der Waals surface area contributed by atoms with Gasteiger partial charge in [0, 0.05) is 19.7 Å². The molecule has 0 radical (unpaired) electrons. The number of hydrogen-bond acceptors (Lipinski definition) is 4. The summed E-state index contributed by atoms with van der Waals surface area (Å²) in [5.74, 6) is -0.212. The number of pyridine rings is 1. The van der Waals surface area contributed by atoms with Gasteiger partial charge >= 0.3 is 5.69 Å². The molecule has 2 aromatic rings. The molecule has 20 heavy (non-hydrogen) atoms. The first-order chi connectivity index (χ1) is 9.47. The molecule has 1 aromatic carbocycles. The van der Waals surface area contributed by atoms with Crippen LogP contribution in [0.4, 0.5) is 15.9 Å². The van der Waals surface area contributed by atoms with Gasteiger partial charge in [0.2, 0.25) is 5.82 Å². The predicted octanol–water partition coefficient (Wildman–Crippen LogP) is 3.42. The summed E-state index contributed by atoms with van der Waals surface area (Å²) in [6.45, 7) is 0.284. The van der Waals surface area contributed by atoms with Crippen molar-refractivity contribution in [1.82, 2.24) is 4.98 Å². The molecule has 5 nitrogen and oxygen atoms in total. The van der Waals surface area contributed by atoms with Gasteiger partial charge in [-0.15, -0.1) is 0 Å². The molecule has 104 valence electrons. The predicted molar refractivity (Wildman–Crippen MR) is 74.4 cm³/mol. The first-order valence-corrected chi connectivity index (χ1v) is 6.11. The van der Waals surface area contributed by atoms with E-state index in [1.165, 1.54) is 24.3 Å². The van der Waals surface area contributed by atoms with Crippen molar-refractivity contribution in [1.29, 1.82) is 0 Å². The Labute approximate surface area is 119 Å². The van der Waals surface area contributed by atoms with E-state index in [0.717, 1.165) is 0 Å². The van der Waals surface area contributed by atoms with Crippen LogP contribution in [-0.2, 0) is 6.54 Å². The van der Waals surface area contributed by atoms with Crippen LogP contribution >= 0.6 is 11.6 Å². The van der Waals surface area contributed by atoms with E-state index >= 15 is 0 Å². The van der Waals surface area contributed by atoms with Crippen LogP contribution in [0.3, 0.4) is 0 Å². The average Bonchev–Trinajstić information content (AvgIpc) is 2.38. The first-order valence-electron chi connectivity index (χ1n) is 5.74. The molecule has 0 saturated heterocycles. The molecule has 0 atom stereocenters. The minimum atomic E-state index is -0.527. The fourth-order valence-electron chi connectivity index (χ4n) is 1.83. The Morgan fingerprint density at radius 2 is 2.15 bits per heavy atom. The summed E-state index contributed by atoms with van der Waals surface area (Å²) < 4.78 is 13.1. The largest absolute Gasteiger partial charge is 0.350 e. The number of nitrogens with zero attached hydrogens (tertiary/aromatic N) is 3. The smallest absolute Gasteiger partial charge is 0.311 e. The van der Waals surface area contributed by atoms with Crippen LogP contribution in [0.15, 0.2) is 36.4 Å². The van der Waals surface area contributed by atoms with Gasteiger partial charge in [-0.2, -0.15) is 0 Å². The van der Waals surface area contributed by atoms with Crippen molar-refractivity contribution < 1.29 is 9.31 Å². The number of benzene rings is 1. The van der Waals surface area contributed by atoms with Crippen LogP contribution in [0.25, 0.3) is 0 Å². The molecule has 0 aliphatic heterocycles. The van der Waals surface area contributed by atoms with Gasteiger partial charge in [0.05, 0.1) is 4.92 Å². The lowest BCUT2D eigenvalue weighted by atomic mass is 10.2. The zero-order valence-corrected chi connectivity index (χ0v) is 11.3. The highest BCUT2D eigenvalue weighted by Crippen LogP contribution is 2.27. The number of hydrogen-bond donors (Lipinski definition) is 0. The van der Waals surface area contributed by atoms with Crippen LogP contribution < -0.4 is 4.90 Å². The molecule has 0 spiro atoms. The van der Waals surface area contributed by atoms with Crippen molar-refractivity contribution in [3.8, 4) is 0 Å². The van der Waals surface area contributed by atoms with Crippen molar-refractivity contribution in [3.05, 3.63) is 63.0 Å². The van der Waals surface area contributed by atoms with E-state index in [0.29, 0.717) is 5.56 Å². The molecule has 1 aromatic heterocycles. The fraction of sp³-hybridized carbons (Fsp3) is 0.154. The van der Waals surface area contributed by atoms with Crippen LogP contribution in [0.1, 0.15) is 5.56 Å². The van der Waals surface area contributed by atoms with Crippen molar-refractivity contribution in [3.63, 3.8) is 0 Å². The molecular weight excluding hydrogens is 285 g/mol. The Bertz CT molecular complexity index is 651. The maximum absolute atomic E-state index is 13.1. The SMILES string of the molecule is CN(Cc1cccc(F)c1)c1nc(Cl)ccc1[N+](=O)[O-]. The van der Waals surface area contributed by atoms with Gasteiger partial charge in [0.1, 0.15) is 11.0 Å². The highest BCUT2D eigenvalue weighted by Gasteiger charge is 2.19. The van der Waals surface area contributed by atoms with Crippen LogP contribution in [0.2, 0.25) is 5.15 Å². The van der Waals surface area contributed by atoms with E-state index in [4.69, 9.17) is 11.6 Å². The minimum Gasteiger partial charge on any atom is -0.350 e. The summed E-state index contributed by atoms with van der Waals surface area (Å²) in [4.78, 5) is 16.0. The molecule has 0 aliphatic rings. The van der Waals surface area contributed by atoms with Gasteiger partial charge in [-0.25, -0.2) is 9.37 Å². The normalized spacial score (nSPS) is 10.3. The number of rotatable bonds is 4. The van der Waals surface area contributed by atoms with Gasteiger partial charge in [0.15, 0.2) is 0 Å². The Hall–Kier alpha value is -2.21. The highest BCUT2D eigenvalue weighted by molar-refractivity contribution is 6.29. The lowest BCUT2D eigenvalue weighted by Crippen LogP contribution is -2.19. The zero-order valence-electron chi connectivity index (χ0n) is 10.6. The summed E-state index contributed by atoms with van der Waals surface area (Å²) in [5.41, 5.74) is 0.539. The number of anilines is 1. The third kappa shape index (κ3) is 3.21. The molecular formula is C13H11ClFN3O2. The standard InChI is InChI=1S/C13H11ClFN3O2/c1-17(8-9-3-2-4-10(15)7-9)13-11(18(19)20)5-6-12(14)16-13/h2-7H,8H2,1H3. The van der Waals surface area contributed by atoms with E-state index in [9.17, 15) is 14.5 Å². The lowest BCUT2D eigenvalue weighted by molar-refractivity contribution is -0.384. The van der Waals surface area contributed by atoms with Gasteiger partial charge in [0.25, 0.3) is 0 Å². The molecule has 0 aliphatic carbocycles. The Morgan fingerprint density at radius 3 is 2.80 bits per heavy atom. The number of nitro groups is 1. The first kappa shape index (κ1) is 14.2. The molecule has 0 fully saturated rings. The average molecular weight is 296 g/mol. The maximum atomic E-state index is 13.1.